The van der Waals surface area contributed by atoms with Crippen LogP contribution in [0.4, 0.5) is 5.69 Å². The Balaban J connectivity index is 1.65. The molecule has 1 heterocycles. The fraction of sp³-hybridized carbons (Fsp3) is 0.379. The lowest BCUT2D eigenvalue weighted by Crippen LogP contribution is -2.27. The van der Waals surface area contributed by atoms with Crippen molar-refractivity contribution in [2.45, 2.75) is 65.2 Å². The van der Waals surface area contributed by atoms with Crippen LogP contribution in [0.3, 0.4) is 0 Å². The highest BCUT2D eigenvalue weighted by Gasteiger charge is 2.32. The van der Waals surface area contributed by atoms with Gasteiger partial charge in [-0.05, 0) is 73.9 Å². The van der Waals surface area contributed by atoms with Crippen molar-refractivity contribution in [3.05, 3.63) is 81.1 Å². The Labute approximate surface area is 212 Å². The summed E-state index contributed by atoms with van der Waals surface area (Å²) >= 11 is 13.0. The molecular formula is C29H32Cl2N2O. The normalized spacial score (nSPS) is 14.9. The second-order valence-electron chi connectivity index (χ2n) is 9.38. The molecule has 1 aromatic heterocycles. The van der Waals surface area contributed by atoms with Gasteiger partial charge in [-0.3, -0.25) is 9.78 Å². The minimum Gasteiger partial charge on any atom is -0.325 e. The zero-order valence-corrected chi connectivity index (χ0v) is 21.6. The highest BCUT2D eigenvalue weighted by molar-refractivity contribution is 6.34. The van der Waals surface area contributed by atoms with Crippen LogP contribution in [0, 0.1) is 19.8 Å². The lowest BCUT2D eigenvalue weighted by atomic mass is 9.83. The maximum Gasteiger partial charge on any atom is 0.232 e. The predicted molar refractivity (Wildman–Crippen MR) is 143 cm³/mol. The molecule has 0 saturated heterocycles. The first-order valence-corrected chi connectivity index (χ1v) is 13.0. The molecule has 1 unspecified atom stereocenters. The van der Waals surface area contributed by atoms with Gasteiger partial charge in [0.1, 0.15) is 0 Å². The van der Waals surface area contributed by atoms with Gasteiger partial charge in [0.05, 0.1) is 16.6 Å². The van der Waals surface area contributed by atoms with Gasteiger partial charge < -0.3 is 5.32 Å². The molecule has 1 fully saturated rings. The third kappa shape index (κ3) is 5.31. The maximum atomic E-state index is 13.7. The second kappa shape index (κ2) is 10.9. The number of pyridine rings is 1. The predicted octanol–water partition coefficient (Wildman–Crippen LogP) is 8.54. The summed E-state index contributed by atoms with van der Waals surface area (Å²) in [6.07, 6.45) is 8.33. The van der Waals surface area contributed by atoms with E-state index in [0.717, 1.165) is 59.3 Å². The number of rotatable bonds is 7. The van der Waals surface area contributed by atoms with Crippen LogP contribution < -0.4 is 5.32 Å². The highest BCUT2D eigenvalue weighted by atomic mass is 35.5. The van der Waals surface area contributed by atoms with Crippen LogP contribution >= 0.6 is 23.2 Å². The molecule has 3 nitrogen and oxygen atoms in total. The van der Waals surface area contributed by atoms with Crippen LogP contribution in [0.15, 0.2) is 48.7 Å². The molecule has 1 atom stereocenters. The van der Waals surface area contributed by atoms with Gasteiger partial charge in [0.25, 0.3) is 0 Å². The van der Waals surface area contributed by atoms with E-state index in [1.165, 1.54) is 18.4 Å². The minimum absolute atomic E-state index is 0.0486. The number of halogens is 2. The third-order valence-electron chi connectivity index (χ3n) is 7.07. The van der Waals surface area contributed by atoms with Crippen molar-refractivity contribution in [1.29, 1.82) is 0 Å². The van der Waals surface area contributed by atoms with Crippen LogP contribution in [0.5, 0.6) is 0 Å². The summed E-state index contributed by atoms with van der Waals surface area (Å²) in [7, 11) is 0. The van der Waals surface area contributed by atoms with Gasteiger partial charge >= 0.3 is 0 Å². The molecule has 34 heavy (non-hydrogen) atoms. The number of benzene rings is 2. The molecule has 5 heteroatoms. The molecule has 1 aliphatic carbocycles. The molecule has 0 aliphatic heterocycles. The van der Waals surface area contributed by atoms with Crippen LogP contribution in [-0.2, 0) is 11.2 Å². The van der Waals surface area contributed by atoms with Crippen molar-refractivity contribution in [1.82, 2.24) is 4.98 Å². The number of nitrogens with one attached hydrogen (secondary N) is 1. The molecule has 0 spiro atoms. The summed E-state index contributed by atoms with van der Waals surface area (Å²) in [4.78, 5) is 18.1. The Morgan fingerprint density at radius 2 is 1.85 bits per heavy atom. The lowest BCUT2D eigenvalue weighted by molar-refractivity contribution is -0.118. The number of hydrogen-bond acceptors (Lipinski definition) is 2. The lowest BCUT2D eigenvalue weighted by Gasteiger charge is -2.25. The monoisotopic (exact) mass is 494 g/mol. The molecular weight excluding hydrogens is 463 g/mol. The molecule has 178 valence electrons. The van der Waals surface area contributed by atoms with Gasteiger partial charge in [0.15, 0.2) is 0 Å². The Morgan fingerprint density at radius 3 is 2.53 bits per heavy atom. The molecule has 1 saturated carbocycles. The zero-order chi connectivity index (χ0) is 24.2. The van der Waals surface area contributed by atoms with Crippen molar-refractivity contribution in [3.63, 3.8) is 0 Å². The standard InChI is InChI=1S/C29H32Cl2N2O/c1-4-8-20-11-7-12-27(18(20)2)33-29(34)28(21-9-5-6-10-21)22-13-14-24(26(31)15-22)23-16-25(30)19(3)32-17-23/h7,11-17,21,28H,4-6,8-10H2,1-3H3,(H,33,34). The first-order valence-electron chi connectivity index (χ1n) is 12.2. The van der Waals surface area contributed by atoms with Crippen LogP contribution in [-0.4, -0.2) is 10.9 Å². The quantitative estimate of drug-likeness (QED) is 0.357. The maximum absolute atomic E-state index is 13.7. The van der Waals surface area contributed by atoms with Crippen molar-refractivity contribution in [2.75, 3.05) is 5.32 Å². The van der Waals surface area contributed by atoms with Crippen molar-refractivity contribution in [2.24, 2.45) is 5.92 Å². The smallest absolute Gasteiger partial charge is 0.232 e. The summed E-state index contributed by atoms with van der Waals surface area (Å²) in [5.74, 6) is 0.132. The first kappa shape index (κ1) is 24.8. The topological polar surface area (TPSA) is 42.0 Å². The number of carbonyl (C=O) groups excluding carboxylic acids is 1. The average Bonchev–Trinajstić information content (AvgIpc) is 3.33. The summed E-state index contributed by atoms with van der Waals surface area (Å²) in [6, 6.07) is 14.0. The number of nitrogens with zero attached hydrogens (tertiary/aromatic N) is 1. The summed E-state index contributed by atoms with van der Waals surface area (Å²) in [6.45, 7) is 6.15. The summed E-state index contributed by atoms with van der Waals surface area (Å²) in [5.41, 5.74) is 6.84. The summed E-state index contributed by atoms with van der Waals surface area (Å²) in [5, 5.41) is 4.47. The number of anilines is 1. The minimum atomic E-state index is -0.233. The van der Waals surface area contributed by atoms with Crippen molar-refractivity contribution < 1.29 is 4.79 Å². The molecule has 3 aromatic rings. The van der Waals surface area contributed by atoms with E-state index in [4.69, 9.17) is 23.2 Å². The van der Waals surface area contributed by atoms with Gasteiger partial charge in [0, 0.05) is 28.0 Å². The van der Waals surface area contributed by atoms with E-state index in [-0.39, 0.29) is 11.8 Å². The number of hydrogen-bond donors (Lipinski definition) is 1. The van der Waals surface area contributed by atoms with Crippen LogP contribution in [0.1, 0.15) is 67.3 Å². The first-order chi connectivity index (χ1) is 16.4. The molecule has 1 aliphatic rings. The Kier molecular flexibility index (Phi) is 7.95. The molecule has 0 radical (unpaired) electrons. The van der Waals surface area contributed by atoms with Crippen molar-refractivity contribution in [3.8, 4) is 11.1 Å². The van der Waals surface area contributed by atoms with Crippen LogP contribution in [0.25, 0.3) is 11.1 Å². The molecule has 1 N–H and O–H groups in total. The van der Waals surface area contributed by atoms with E-state index < -0.39 is 0 Å². The van der Waals surface area contributed by atoms with Gasteiger partial charge in [-0.1, -0.05) is 73.7 Å². The molecule has 0 bridgehead atoms. The van der Waals surface area contributed by atoms with E-state index in [1.54, 1.807) is 6.20 Å². The SMILES string of the molecule is CCCc1cccc(NC(=O)C(c2ccc(-c3cnc(C)c(Cl)c3)c(Cl)c2)C2CCCC2)c1C. The number of aromatic nitrogens is 1. The largest absolute Gasteiger partial charge is 0.325 e. The van der Waals surface area contributed by atoms with Gasteiger partial charge in [-0.25, -0.2) is 0 Å². The Bertz CT molecular complexity index is 1180. The molecule has 2 aromatic carbocycles. The molecule has 4 rings (SSSR count). The van der Waals surface area contributed by atoms with E-state index in [9.17, 15) is 4.79 Å². The van der Waals surface area contributed by atoms with Gasteiger partial charge in [-0.2, -0.15) is 0 Å². The number of aryl methyl sites for hydroxylation is 2. The van der Waals surface area contributed by atoms with E-state index in [1.807, 2.05) is 43.3 Å². The number of amides is 1. The fourth-order valence-corrected chi connectivity index (χ4v) is 5.57. The van der Waals surface area contributed by atoms with Gasteiger partial charge in [0.2, 0.25) is 5.91 Å². The second-order valence-corrected chi connectivity index (χ2v) is 10.2. The van der Waals surface area contributed by atoms with E-state index in [2.05, 4.69) is 30.2 Å². The Morgan fingerprint density at radius 1 is 1.09 bits per heavy atom. The Hall–Kier alpha value is -2.36. The van der Waals surface area contributed by atoms with Gasteiger partial charge in [-0.15, -0.1) is 0 Å². The average molecular weight is 495 g/mol. The third-order valence-corrected chi connectivity index (χ3v) is 7.76. The van der Waals surface area contributed by atoms with Crippen molar-refractivity contribution >= 4 is 34.8 Å². The fourth-order valence-electron chi connectivity index (χ4n) is 5.11. The number of carbonyl (C=O) groups is 1. The van der Waals surface area contributed by atoms with Crippen LogP contribution in [0.2, 0.25) is 10.0 Å². The zero-order valence-electron chi connectivity index (χ0n) is 20.1. The summed E-state index contributed by atoms with van der Waals surface area (Å²) < 4.78 is 0. The van der Waals surface area contributed by atoms with E-state index >= 15 is 0 Å². The van der Waals surface area contributed by atoms with E-state index in [0.29, 0.717) is 16.0 Å². The molecule has 1 amide bonds. The highest BCUT2D eigenvalue weighted by Crippen LogP contribution is 2.41.